The molecule has 0 bridgehead atoms. The molecule has 0 saturated heterocycles. The number of hydrogen-bond acceptors (Lipinski definition) is 6. The third-order valence-corrected chi connectivity index (χ3v) is 4.44. The molecule has 0 saturated carbocycles. The minimum Gasteiger partial charge on any atom is -0.477 e. The lowest BCUT2D eigenvalue weighted by Gasteiger charge is -2.09. The lowest BCUT2D eigenvalue weighted by molar-refractivity contribution is 0.0690. The molecular formula is C16H16N4O2S. The molecule has 1 aromatic carbocycles. The van der Waals surface area contributed by atoms with E-state index >= 15 is 0 Å². The van der Waals surface area contributed by atoms with E-state index in [2.05, 4.69) is 32.5 Å². The van der Waals surface area contributed by atoms with Gasteiger partial charge in [0.05, 0.1) is 5.88 Å². The van der Waals surface area contributed by atoms with Gasteiger partial charge in [0.1, 0.15) is 0 Å². The number of benzene rings is 1. The Labute approximate surface area is 138 Å². The van der Waals surface area contributed by atoms with Gasteiger partial charge in [0.25, 0.3) is 0 Å². The Morgan fingerprint density at radius 2 is 2.22 bits per heavy atom. The third kappa shape index (κ3) is 3.62. The standard InChI is InChI=1S/C16H16N4O2S/c1-10-5-11(14-8-20(2)9-23-14)7-12(6-10)18-16-17-4-3-13(19-16)15(21)22/h3-8H,9H2,1-2H3,(H,21,22)(H,17,18,19). The minimum atomic E-state index is -1.07. The van der Waals surface area contributed by atoms with Crippen molar-refractivity contribution >= 4 is 34.3 Å². The summed E-state index contributed by atoms with van der Waals surface area (Å²) in [5, 5.41) is 12.1. The molecule has 0 radical (unpaired) electrons. The maximum absolute atomic E-state index is 11.0. The van der Waals surface area contributed by atoms with Crippen molar-refractivity contribution in [1.82, 2.24) is 14.9 Å². The average molecular weight is 328 g/mol. The van der Waals surface area contributed by atoms with Crippen molar-refractivity contribution in [3.8, 4) is 0 Å². The number of nitrogens with zero attached hydrogens (tertiary/aromatic N) is 3. The summed E-state index contributed by atoms with van der Waals surface area (Å²) >= 11 is 1.78. The van der Waals surface area contributed by atoms with Gasteiger partial charge in [-0.1, -0.05) is 6.07 Å². The van der Waals surface area contributed by atoms with Crippen LogP contribution in [0.4, 0.5) is 11.6 Å². The maximum atomic E-state index is 11.0. The molecule has 118 valence electrons. The van der Waals surface area contributed by atoms with Gasteiger partial charge in [-0.2, -0.15) is 0 Å². The number of hydrogen-bond donors (Lipinski definition) is 2. The number of anilines is 2. The monoisotopic (exact) mass is 328 g/mol. The highest BCUT2D eigenvalue weighted by atomic mass is 32.2. The molecule has 6 nitrogen and oxygen atoms in total. The fourth-order valence-electron chi connectivity index (χ4n) is 2.27. The van der Waals surface area contributed by atoms with Gasteiger partial charge in [-0.25, -0.2) is 14.8 Å². The van der Waals surface area contributed by atoms with E-state index in [1.165, 1.54) is 17.2 Å². The summed E-state index contributed by atoms with van der Waals surface area (Å²) in [5.74, 6) is 0.137. The second kappa shape index (κ2) is 6.29. The SMILES string of the molecule is Cc1cc(Nc2nccc(C(=O)O)n2)cc(C2=CN(C)CS2)c1. The molecule has 1 aliphatic heterocycles. The molecular weight excluding hydrogens is 312 g/mol. The maximum Gasteiger partial charge on any atom is 0.354 e. The van der Waals surface area contributed by atoms with E-state index in [1.54, 1.807) is 11.8 Å². The average Bonchev–Trinajstić information content (AvgIpc) is 2.93. The largest absolute Gasteiger partial charge is 0.477 e. The van der Waals surface area contributed by atoms with E-state index in [4.69, 9.17) is 5.11 Å². The molecule has 7 heteroatoms. The zero-order valence-electron chi connectivity index (χ0n) is 12.8. The van der Waals surface area contributed by atoms with Crippen LogP contribution in [0.25, 0.3) is 4.91 Å². The van der Waals surface area contributed by atoms with Gasteiger partial charge in [-0.3, -0.25) is 0 Å². The van der Waals surface area contributed by atoms with Crippen LogP contribution in [-0.2, 0) is 0 Å². The van der Waals surface area contributed by atoms with Crippen molar-refractivity contribution in [2.24, 2.45) is 0 Å². The first kappa shape index (κ1) is 15.4. The molecule has 0 aliphatic carbocycles. The molecule has 0 amide bonds. The number of rotatable bonds is 4. The van der Waals surface area contributed by atoms with E-state index in [0.29, 0.717) is 0 Å². The molecule has 0 spiro atoms. The number of nitrogens with one attached hydrogen (secondary N) is 1. The van der Waals surface area contributed by atoms with E-state index in [9.17, 15) is 4.79 Å². The van der Waals surface area contributed by atoms with Gasteiger partial charge in [0, 0.05) is 30.0 Å². The van der Waals surface area contributed by atoms with Crippen LogP contribution >= 0.6 is 11.8 Å². The van der Waals surface area contributed by atoms with Crippen molar-refractivity contribution < 1.29 is 9.90 Å². The summed E-state index contributed by atoms with van der Waals surface area (Å²) in [6.45, 7) is 2.02. The summed E-state index contributed by atoms with van der Waals surface area (Å²) in [7, 11) is 2.04. The van der Waals surface area contributed by atoms with Crippen LogP contribution in [0, 0.1) is 6.92 Å². The highest BCUT2D eigenvalue weighted by Gasteiger charge is 2.13. The molecule has 0 atom stereocenters. The number of aryl methyl sites for hydroxylation is 1. The third-order valence-electron chi connectivity index (χ3n) is 3.25. The quantitative estimate of drug-likeness (QED) is 0.892. The number of carboxylic acids is 1. The highest BCUT2D eigenvalue weighted by Crippen LogP contribution is 2.35. The minimum absolute atomic E-state index is 0.0361. The Morgan fingerprint density at radius 3 is 2.91 bits per heavy atom. The van der Waals surface area contributed by atoms with Gasteiger partial charge in [0.2, 0.25) is 5.95 Å². The first-order valence-electron chi connectivity index (χ1n) is 7.01. The lowest BCUT2D eigenvalue weighted by Crippen LogP contribution is -2.04. The Bertz CT molecular complexity index is 791. The van der Waals surface area contributed by atoms with Crippen LogP contribution in [0.15, 0.2) is 36.7 Å². The van der Waals surface area contributed by atoms with Crippen LogP contribution in [-0.4, -0.2) is 38.9 Å². The Hall–Kier alpha value is -2.54. The van der Waals surface area contributed by atoms with Gasteiger partial charge >= 0.3 is 5.97 Å². The summed E-state index contributed by atoms with van der Waals surface area (Å²) in [6, 6.07) is 7.48. The molecule has 2 aromatic rings. The van der Waals surface area contributed by atoms with E-state index < -0.39 is 5.97 Å². The Morgan fingerprint density at radius 1 is 1.39 bits per heavy atom. The van der Waals surface area contributed by atoms with E-state index in [-0.39, 0.29) is 11.6 Å². The molecule has 2 N–H and O–H groups in total. The van der Waals surface area contributed by atoms with Crippen molar-refractivity contribution in [2.75, 3.05) is 18.2 Å². The highest BCUT2D eigenvalue weighted by molar-refractivity contribution is 8.08. The number of carbonyl (C=O) groups is 1. The number of aromatic carboxylic acids is 1. The Kier molecular flexibility index (Phi) is 4.20. The van der Waals surface area contributed by atoms with Crippen LogP contribution in [0.3, 0.4) is 0 Å². The summed E-state index contributed by atoms with van der Waals surface area (Å²) < 4.78 is 0. The normalized spacial score (nSPS) is 13.8. The molecule has 0 fully saturated rings. The smallest absolute Gasteiger partial charge is 0.354 e. The van der Waals surface area contributed by atoms with E-state index in [0.717, 1.165) is 22.7 Å². The van der Waals surface area contributed by atoms with Crippen LogP contribution < -0.4 is 5.32 Å². The lowest BCUT2D eigenvalue weighted by atomic mass is 10.1. The zero-order chi connectivity index (χ0) is 16.4. The van der Waals surface area contributed by atoms with Gasteiger partial charge in [0.15, 0.2) is 5.69 Å². The van der Waals surface area contributed by atoms with Crippen molar-refractivity contribution in [2.45, 2.75) is 6.92 Å². The first-order valence-corrected chi connectivity index (χ1v) is 8.00. The molecule has 2 heterocycles. The van der Waals surface area contributed by atoms with E-state index in [1.807, 2.05) is 26.1 Å². The second-order valence-corrected chi connectivity index (χ2v) is 6.29. The fraction of sp³-hybridized carbons (Fsp3) is 0.188. The van der Waals surface area contributed by atoms with Crippen LogP contribution in [0.1, 0.15) is 21.6 Å². The van der Waals surface area contributed by atoms with Gasteiger partial charge < -0.3 is 15.3 Å². The number of aromatic nitrogens is 2. The summed E-state index contributed by atoms with van der Waals surface area (Å²) in [4.78, 5) is 22.4. The molecule has 0 unspecified atom stereocenters. The fourth-order valence-corrected chi connectivity index (χ4v) is 3.22. The molecule has 3 rings (SSSR count). The second-order valence-electron chi connectivity index (χ2n) is 5.31. The van der Waals surface area contributed by atoms with Crippen LogP contribution in [0.2, 0.25) is 0 Å². The Balaban J connectivity index is 1.89. The van der Waals surface area contributed by atoms with Crippen LogP contribution in [0.5, 0.6) is 0 Å². The predicted octanol–water partition coefficient (Wildman–Crippen LogP) is 3.16. The number of thioether (sulfide) groups is 1. The van der Waals surface area contributed by atoms with Crippen molar-refractivity contribution in [3.63, 3.8) is 0 Å². The van der Waals surface area contributed by atoms with Gasteiger partial charge in [-0.15, -0.1) is 11.8 Å². The zero-order valence-corrected chi connectivity index (χ0v) is 13.6. The number of carboxylic acid groups (broad SMARTS) is 1. The van der Waals surface area contributed by atoms with Crippen molar-refractivity contribution in [3.05, 3.63) is 53.5 Å². The van der Waals surface area contributed by atoms with Gasteiger partial charge in [-0.05, 0) is 36.2 Å². The molecule has 23 heavy (non-hydrogen) atoms. The molecule has 1 aromatic heterocycles. The topological polar surface area (TPSA) is 78.3 Å². The summed E-state index contributed by atoms with van der Waals surface area (Å²) in [6.07, 6.45) is 3.55. The molecule has 1 aliphatic rings. The summed E-state index contributed by atoms with van der Waals surface area (Å²) in [5.41, 5.74) is 3.02. The predicted molar refractivity (Wildman–Crippen MR) is 91.7 cm³/mol. The van der Waals surface area contributed by atoms with Crippen molar-refractivity contribution in [1.29, 1.82) is 0 Å². The first-order chi connectivity index (χ1) is 11.0.